The van der Waals surface area contributed by atoms with Gasteiger partial charge in [0.25, 0.3) is 0 Å². The van der Waals surface area contributed by atoms with Crippen LogP contribution in [0.4, 0.5) is 4.79 Å². The number of alkyl carbamates (subject to hydrolysis) is 1. The van der Waals surface area contributed by atoms with Crippen LogP contribution in [0.1, 0.15) is 52.9 Å². The summed E-state index contributed by atoms with van der Waals surface area (Å²) in [5, 5.41) is 13.0. The Kier molecular flexibility index (Phi) is 3.27. The summed E-state index contributed by atoms with van der Waals surface area (Å²) in [6.07, 6.45) is 5.50. The topological polar surface area (TPSA) is 58.6 Å². The molecule has 4 aliphatic rings. The minimum Gasteiger partial charge on any atom is -0.444 e. The number of amides is 1. The van der Waals surface area contributed by atoms with E-state index in [-0.39, 0.29) is 24.2 Å². The summed E-state index contributed by atoms with van der Waals surface area (Å²) in [5.74, 6) is 2.25. The molecule has 4 nitrogen and oxygen atoms in total. The summed E-state index contributed by atoms with van der Waals surface area (Å²) in [7, 11) is 0. The van der Waals surface area contributed by atoms with Gasteiger partial charge in [0.05, 0.1) is 0 Å². The van der Waals surface area contributed by atoms with Crippen LogP contribution in [0.2, 0.25) is 0 Å². The zero-order valence-corrected chi connectivity index (χ0v) is 12.8. The second-order valence-corrected chi connectivity index (χ2v) is 8.18. The predicted molar refractivity (Wildman–Crippen MR) is 76.2 cm³/mol. The summed E-state index contributed by atoms with van der Waals surface area (Å²) in [6, 6.07) is 0. The number of rotatable bonds is 2. The van der Waals surface area contributed by atoms with E-state index in [9.17, 15) is 9.90 Å². The van der Waals surface area contributed by atoms with Gasteiger partial charge in [-0.1, -0.05) is 0 Å². The van der Waals surface area contributed by atoms with Gasteiger partial charge in [-0.05, 0) is 70.6 Å². The van der Waals surface area contributed by atoms with Gasteiger partial charge in [0.15, 0.2) is 0 Å². The lowest BCUT2D eigenvalue weighted by atomic mass is 9.48. The first-order valence-electron chi connectivity index (χ1n) is 7.93. The van der Waals surface area contributed by atoms with Crippen molar-refractivity contribution < 1.29 is 14.6 Å². The van der Waals surface area contributed by atoms with Crippen LogP contribution in [-0.2, 0) is 4.74 Å². The van der Waals surface area contributed by atoms with E-state index >= 15 is 0 Å². The highest BCUT2D eigenvalue weighted by atomic mass is 16.6. The largest absolute Gasteiger partial charge is 0.444 e. The third kappa shape index (κ3) is 2.43. The molecule has 4 fully saturated rings. The number of aliphatic hydroxyl groups excluding tert-OH is 1. The number of hydrogen-bond donors (Lipinski definition) is 2. The normalized spacial score (nSPS) is 42.6. The van der Waals surface area contributed by atoms with Crippen molar-refractivity contribution in [2.75, 3.05) is 6.61 Å². The van der Waals surface area contributed by atoms with Crippen molar-refractivity contribution in [1.29, 1.82) is 0 Å². The Morgan fingerprint density at radius 2 is 1.85 bits per heavy atom. The molecule has 4 aliphatic carbocycles. The quantitative estimate of drug-likeness (QED) is 0.818. The Hall–Kier alpha value is -0.770. The van der Waals surface area contributed by atoms with Crippen molar-refractivity contribution >= 4 is 6.09 Å². The van der Waals surface area contributed by atoms with E-state index < -0.39 is 5.60 Å². The number of carbonyl (C=O) groups excluding carboxylic acids is 1. The highest BCUT2D eigenvalue weighted by molar-refractivity contribution is 5.69. The van der Waals surface area contributed by atoms with Crippen LogP contribution in [0, 0.1) is 23.7 Å². The third-order valence-electron chi connectivity index (χ3n) is 5.47. The van der Waals surface area contributed by atoms with Gasteiger partial charge in [0, 0.05) is 18.1 Å². The highest BCUT2D eigenvalue weighted by Gasteiger charge is 2.57. The number of nitrogens with one attached hydrogen (secondary N) is 1. The van der Waals surface area contributed by atoms with E-state index in [2.05, 4.69) is 5.32 Å². The molecule has 0 aromatic rings. The van der Waals surface area contributed by atoms with Crippen molar-refractivity contribution in [2.24, 2.45) is 23.7 Å². The van der Waals surface area contributed by atoms with Gasteiger partial charge in [-0.25, -0.2) is 4.79 Å². The molecule has 1 amide bonds. The average molecular weight is 281 g/mol. The molecule has 0 radical (unpaired) electrons. The lowest BCUT2D eigenvalue weighted by Gasteiger charge is -2.60. The van der Waals surface area contributed by atoms with Gasteiger partial charge < -0.3 is 15.2 Å². The van der Waals surface area contributed by atoms with Crippen molar-refractivity contribution in [3.8, 4) is 0 Å². The lowest BCUT2D eigenvalue weighted by molar-refractivity contribution is -0.0914. The molecule has 114 valence electrons. The fraction of sp³-hybridized carbons (Fsp3) is 0.938. The van der Waals surface area contributed by atoms with Crippen molar-refractivity contribution in [2.45, 2.75) is 64.0 Å². The maximum Gasteiger partial charge on any atom is 0.408 e. The zero-order chi connectivity index (χ0) is 14.5. The molecular formula is C16H27NO3. The molecule has 0 spiro atoms. The molecule has 3 unspecified atom stereocenters. The van der Waals surface area contributed by atoms with E-state index in [1.165, 1.54) is 19.3 Å². The molecule has 4 rings (SSSR count). The fourth-order valence-corrected chi connectivity index (χ4v) is 5.17. The maximum absolute atomic E-state index is 12.2. The first kappa shape index (κ1) is 14.2. The molecule has 20 heavy (non-hydrogen) atoms. The molecule has 0 aliphatic heterocycles. The van der Waals surface area contributed by atoms with Crippen LogP contribution >= 0.6 is 0 Å². The Morgan fingerprint density at radius 1 is 1.25 bits per heavy atom. The smallest absolute Gasteiger partial charge is 0.408 e. The van der Waals surface area contributed by atoms with Crippen molar-refractivity contribution in [3.63, 3.8) is 0 Å². The average Bonchev–Trinajstić information content (AvgIpc) is 2.23. The van der Waals surface area contributed by atoms with Crippen LogP contribution in [0.5, 0.6) is 0 Å². The summed E-state index contributed by atoms with van der Waals surface area (Å²) in [5.41, 5.74) is -0.688. The molecule has 0 aromatic carbocycles. The van der Waals surface area contributed by atoms with E-state index in [4.69, 9.17) is 4.74 Å². The van der Waals surface area contributed by atoms with Crippen LogP contribution in [0.15, 0.2) is 0 Å². The standard InChI is InChI=1S/C16H27NO3/c1-15(2,3)20-14(19)17-16-7-10-4-11(8-16)6-12(5-10)13(16)9-18/h10-13,18H,4-9H2,1-3H3,(H,17,19). The van der Waals surface area contributed by atoms with Gasteiger partial charge in [0.2, 0.25) is 0 Å². The number of carbonyl (C=O) groups is 1. The fourth-order valence-electron chi connectivity index (χ4n) is 5.17. The van der Waals surface area contributed by atoms with Crippen LogP contribution < -0.4 is 5.32 Å². The Balaban J connectivity index is 1.77. The monoisotopic (exact) mass is 281 g/mol. The van der Waals surface area contributed by atoms with Crippen LogP contribution in [0.3, 0.4) is 0 Å². The molecule has 0 aromatic heterocycles. The summed E-state index contributed by atoms with van der Waals surface area (Å²) in [6.45, 7) is 5.83. The summed E-state index contributed by atoms with van der Waals surface area (Å²) >= 11 is 0. The first-order chi connectivity index (χ1) is 9.31. The highest BCUT2D eigenvalue weighted by Crippen LogP contribution is 2.58. The summed E-state index contributed by atoms with van der Waals surface area (Å²) in [4.78, 5) is 12.2. The molecule has 4 bridgehead atoms. The molecular weight excluding hydrogens is 254 g/mol. The van der Waals surface area contributed by atoms with Gasteiger partial charge in [0.1, 0.15) is 5.60 Å². The minimum atomic E-state index is -0.471. The number of hydrogen-bond acceptors (Lipinski definition) is 3. The Bertz CT molecular complexity index is 387. The molecule has 3 atom stereocenters. The van der Waals surface area contributed by atoms with Crippen molar-refractivity contribution in [3.05, 3.63) is 0 Å². The van der Waals surface area contributed by atoms with Crippen LogP contribution in [-0.4, -0.2) is 28.9 Å². The van der Waals surface area contributed by atoms with E-state index in [1.54, 1.807) is 0 Å². The molecule has 4 heteroatoms. The molecule has 0 heterocycles. The molecule has 0 saturated heterocycles. The lowest BCUT2D eigenvalue weighted by Crippen LogP contribution is -2.66. The van der Waals surface area contributed by atoms with E-state index in [0.29, 0.717) is 5.92 Å². The third-order valence-corrected chi connectivity index (χ3v) is 5.47. The summed E-state index contributed by atoms with van der Waals surface area (Å²) < 4.78 is 5.44. The zero-order valence-electron chi connectivity index (χ0n) is 12.8. The van der Waals surface area contributed by atoms with Crippen LogP contribution in [0.25, 0.3) is 0 Å². The van der Waals surface area contributed by atoms with E-state index in [0.717, 1.165) is 24.7 Å². The van der Waals surface area contributed by atoms with Gasteiger partial charge in [-0.3, -0.25) is 0 Å². The van der Waals surface area contributed by atoms with E-state index in [1.807, 2.05) is 20.8 Å². The van der Waals surface area contributed by atoms with Gasteiger partial charge >= 0.3 is 6.09 Å². The molecule has 4 saturated carbocycles. The van der Waals surface area contributed by atoms with Gasteiger partial charge in [-0.2, -0.15) is 0 Å². The Labute approximate surface area is 121 Å². The van der Waals surface area contributed by atoms with Gasteiger partial charge in [-0.15, -0.1) is 0 Å². The minimum absolute atomic E-state index is 0.180. The molecule has 2 N–H and O–H groups in total. The van der Waals surface area contributed by atoms with Crippen molar-refractivity contribution in [1.82, 2.24) is 5.32 Å². The first-order valence-corrected chi connectivity index (χ1v) is 7.93. The second kappa shape index (κ2) is 4.62. The predicted octanol–water partition coefficient (Wildman–Crippen LogP) is 2.70. The number of ether oxygens (including phenoxy) is 1. The SMILES string of the molecule is CC(C)(C)OC(=O)NC12CC3CC(CC(C3)C1CO)C2. The Morgan fingerprint density at radius 3 is 2.35 bits per heavy atom. The maximum atomic E-state index is 12.2. The second-order valence-electron chi connectivity index (χ2n) is 8.18. The number of aliphatic hydroxyl groups is 1.